The number of aromatic nitrogens is 2. The maximum Gasteiger partial charge on any atom is 0.326 e. The van der Waals surface area contributed by atoms with Crippen molar-refractivity contribution in [2.24, 2.45) is 5.92 Å². The zero-order chi connectivity index (χ0) is 15.9. The maximum atomic E-state index is 12.1. The predicted octanol–water partition coefficient (Wildman–Crippen LogP) is 3.38. The lowest BCUT2D eigenvalue weighted by Gasteiger charge is -2.26. The average molecular weight is 291 g/mol. The van der Waals surface area contributed by atoms with Gasteiger partial charge in [0.05, 0.1) is 0 Å². The van der Waals surface area contributed by atoms with E-state index >= 15 is 0 Å². The Balaban J connectivity index is 2.18. The van der Waals surface area contributed by atoms with Crippen LogP contribution >= 0.6 is 0 Å². The largest absolute Gasteiger partial charge is 0.372 e. The Morgan fingerprint density at radius 1 is 1.19 bits per heavy atom. The fourth-order valence-corrected chi connectivity index (χ4v) is 3.57. The Hall–Kier alpha value is -1.45. The van der Waals surface area contributed by atoms with Gasteiger partial charge in [0.25, 0.3) is 0 Å². The van der Waals surface area contributed by atoms with Gasteiger partial charge in [-0.25, -0.2) is 4.79 Å². The lowest BCUT2D eigenvalue weighted by atomic mass is 9.95. The summed E-state index contributed by atoms with van der Waals surface area (Å²) >= 11 is 0. The van der Waals surface area contributed by atoms with E-state index in [1.165, 1.54) is 11.3 Å². The van der Waals surface area contributed by atoms with Crippen molar-refractivity contribution in [3.63, 3.8) is 0 Å². The van der Waals surface area contributed by atoms with Crippen molar-refractivity contribution < 1.29 is 0 Å². The van der Waals surface area contributed by atoms with Crippen molar-refractivity contribution in [3.05, 3.63) is 33.1 Å². The predicted molar refractivity (Wildman–Crippen MR) is 87.6 cm³/mol. The van der Waals surface area contributed by atoms with E-state index in [-0.39, 0.29) is 11.7 Å². The molecule has 4 nitrogen and oxygen atoms in total. The SMILES string of the molecule is CC1=C(C)N(C(C)C)CC1CC(C)n1c(C)c(C)[nH]c1=O. The average Bonchev–Trinajstić information content (AvgIpc) is 2.80. The van der Waals surface area contributed by atoms with Crippen LogP contribution in [0.3, 0.4) is 0 Å². The fraction of sp³-hybridized carbons (Fsp3) is 0.706. The highest BCUT2D eigenvalue weighted by Crippen LogP contribution is 2.34. The molecular weight excluding hydrogens is 262 g/mol. The van der Waals surface area contributed by atoms with Gasteiger partial charge in [0.1, 0.15) is 0 Å². The summed E-state index contributed by atoms with van der Waals surface area (Å²) in [6, 6.07) is 0.765. The molecule has 0 saturated carbocycles. The van der Waals surface area contributed by atoms with Gasteiger partial charge in [-0.1, -0.05) is 0 Å². The van der Waals surface area contributed by atoms with Gasteiger partial charge in [-0.05, 0) is 60.5 Å². The number of aryl methyl sites for hydroxylation is 1. The zero-order valence-corrected chi connectivity index (χ0v) is 14.4. The molecule has 118 valence electrons. The van der Waals surface area contributed by atoms with Gasteiger partial charge in [0.15, 0.2) is 0 Å². The van der Waals surface area contributed by atoms with Crippen LogP contribution < -0.4 is 5.69 Å². The molecule has 0 aliphatic carbocycles. The summed E-state index contributed by atoms with van der Waals surface area (Å²) in [7, 11) is 0. The molecule has 1 aliphatic rings. The molecule has 4 heteroatoms. The quantitative estimate of drug-likeness (QED) is 0.924. The monoisotopic (exact) mass is 291 g/mol. The minimum absolute atomic E-state index is 0.0227. The van der Waals surface area contributed by atoms with E-state index in [1.807, 2.05) is 18.4 Å². The first-order chi connectivity index (χ1) is 9.73. The Labute approximate surface area is 127 Å². The van der Waals surface area contributed by atoms with Gasteiger partial charge in [-0.15, -0.1) is 0 Å². The highest BCUT2D eigenvalue weighted by molar-refractivity contribution is 5.20. The molecule has 0 bridgehead atoms. The van der Waals surface area contributed by atoms with Gasteiger partial charge in [-0.2, -0.15) is 0 Å². The second-order valence-corrected chi connectivity index (χ2v) is 6.81. The number of nitrogens with zero attached hydrogens (tertiary/aromatic N) is 2. The summed E-state index contributed by atoms with van der Waals surface area (Å²) in [4.78, 5) is 17.5. The maximum absolute atomic E-state index is 12.1. The van der Waals surface area contributed by atoms with E-state index in [2.05, 4.69) is 44.5 Å². The number of allylic oxidation sites excluding steroid dienone is 1. The Kier molecular flexibility index (Phi) is 4.35. The third-order valence-electron chi connectivity index (χ3n) is 5.14. The van der Waals surface area contributed by atoms with E-state index in [4.69, 9.17) is 0 Å². The molecule has 0 aromatic carbocycles. The molecule has 0 fully saturated rings. The van der Waals surface area contributed by atoms with Crippen molar-refractivity contribution in [2.45, 2.75) is 67.0 Å². The van der Waals surface area contributed by atoms with Gasteiger partial charge >= 0.3 is 5.69 Å². The van der Waals surface area contributed by atoms with Gasteiger partial charge in [0, 0.05) is 41.6 Å². The Morgan fingerprint density at radius 3 is 2.24 bits per heavy atom. The second kappa shape index (κ2) is 5.74. The molecule has 1 aromatic rings. The summed E-state index contributed by atoms with van der Waals surface area (Å²) in [5, 5.41) is 0. The smallest absolute Gasteiger partial charge is 0.326 e. The van der Waals surface area contributed by atoms with E-state index in [0.29, 0.717) is 12.0 Å². The molecule has 21 heavy (non-hydrogen) atoms. The van der Waals surface area contributed by atoms with E-state index in [1.54, 1.807) is 0 Å². The van der Waals surface area contributed by atoms with Crippen LogP contribution in [0.1, 0.15) is 58.5 Å². The van der Waals surface area contributed by atoms with Crippen LogP contribution in [0.25, 0.3) is 0 Å². The minimum atomic E-state index is 0.0227. The van der Waals surface area contributed by atoms with Crippen LogP contribution in [0.2, 0.25) is 0 Å². The fourth-order valence-electron chi connectivity index (χ4n) is 3.57. The summed E-state index contributed by atoms with van der Waals surface area (Å²) in [6.45, 7) is 16.2. The normalized spacial score (nSPS) is 20.8. The van der Waals surface area contributed by atoms with Crippen molar-refractivity contribution in [1.29, 1.82) is 0 Å². The second-order valence-electron chi connectivity index (χ2n) is 6.81. The molecule has 0 spiro atoms. The molecule has 0 amide bonds. The number of rotatable bonds is 4. The highest BCUT2D eigenvalue weighted by Gasteiger charge is 2.29. The number of H-pyrrole nitrogens is 1. The molecule has 0 saturated heterocycles. The molecule has 2 atom stereocenters. The highest BCUT2D eigenvalue weighted by atomic mass is 16.1. The summed E-state index contributed by atoms with van der Waals surface area (Å²) < 4.78 is 1.91. The first kappa shape index (κ1) is 15.9. The van der Waals surface area contributed by atoms with Crippen LogP contribution in [0.4, 0.5) is 0 Å². The molecule has 1 aromatic heterocycles. The Morgan fingerprint density at radius 2 is 1.81 bits per heavy atom. The molecule has 1 N–H and O–H groups in total. The van der Waals surface area contributed by atoms with Gasteiger partial charge < -0.3 is 9.88 Å². The number of hydrogen-bond donors (Lipinski definition) is 1. The van der Waals surface area contributed by atoms with Crippen LogP contribution in [-0.2, 0) is 0 Å². The van der Waals surface area contributed by atoms with Crippen LogP contribution in [-0.4, -0.2) is 27.0 Å². The molecule has 2 heterocycles. The lowest BCUT2D eigenvalue weighted by Crippen LogP contribution is -2.29. The van der Waals surface area contributed by atoms with Crippen LogP contribution in [0, 0.1) is 19.8 Å². The number of nitrogens with one attached hydrogen (secondary N) is 1. The Bertz CT molecular complexity index is 606. The van der Waals surface area contributed by atoms with Gasteiger partial charge in [-0.3, -0.25) is 4.57 Å². The van der Waals surface area contributed by atoms with Crippen molar-refractivity contribution in [1.82, 2.24) is 14.5 Å². The molecule has 2 rings (SSSR count). The summed E-state index contributed by atoms with van der Waals surface area (Å²) in [5.74, 6) is 0.545. The summed E-state index contributed by atoms with van der Waals surface area (Å²) in [6.07, 6.45) is 1.02. The van der Waals surface area contributed by atoms with Crippen molar-refractivity contribution in [2.75, 3.05) is 6.54 Å². The van der Waals surface area contributed by atoms with Crippen molar-refractivity contribution >= 4 is 0 Å². The third kappa shape index (κ3) is 2.81. The number of hydrogen-bond acceptors (Lipinski definition) is 2. The van der Waals surface area contributed by atoms with E-state index in [9.17, 15) is 4.79 Å². The number of aromatic amines is 1. The molecule has 2 unspecified atom stereocenters. The first-order valence-electron chi connectivity index (χ1n) is 7.95. The third-order valence-corrected chi connectivity index (χ3v) is 5.14. The number of imidazole rings is 1. The van der Waals surface area contributed by atoms with Gasteiger partial charge in [0.2, 0.25) is 0 Å². The van der Waals surface area contributed by atoms with Crippen molar-refractivity contribution in [3.8, 4) is 0 Å². The standard InChI is InChI=1S/C17H29N3O/c1-10(2)19-9-16(12(4)14(19)6)8-11(3)20-15(7)13(5)18-17(20)21/h10-11,16H,8-9H2,1-7H3,(H,18,21). The molecule has 1 aliphatic heterocycles. The molecular formula is C17H29N3O. The lowest BCUT2D eigenvalue weighted by molar-refractivity contribution is 0.271. The summed E-state index contributed by atoms with van der Waals surface area (Å²) in [5.41, 5.74) is 4.95. The minimum Gasteiger partial charge on any atom is -0.372 e. The zero-order valence-electron chi connectivity index (χ0n) is 14.4. The topological polar surface area (TPSA) is 41.0 Å². The van der Waals surface area contributed by atoms with E-state index < -0.39 is 0 Å². The van der Waals surface area contributed by atoms with Crippen LogP contribution in [0.5, 0.6) is 0 Å². The van der Waals surface area contributed by atoms with E-state index in [0.717, 1.165) is 24.4 Å². The first-order valence-corrected chi connectivity index (χ1v) is 7.95. The molecule has 0 radical (unpaired) electrons. The van der Waals surface area contributed by atoms with Crippen LogP contribution in [0.15, 0.2) is 16.1 Å².